The molecule has 102 valence electrons. The van der Waals surface area contributed by atoms with Crippen LogP contribution in [0.5, 0.6) is 0 Å². The van der Waals surface area contributed by atoms with E-state index in [1.54, 1.807) is 20.8 Å². The number of aliphatic hydroxyl groups is 2. The van der Waals surface area contributed by atoms with Crippen LogP contribution in [0.15, 0.2) is 0 Å². The van der Waals surface area contributed by atoms with E-state index in [9.17, 15) is 15.0 Å². The molecule has 0 saturated heterocycles. The summed E-state index contributed by atoms with van der Waals surface area (Å²) in [5.41, 5.74) is -0.582. The molecule has 5 heteroatoms. The molecule has 0 aliphatic heterocycles. The molecular weight excluding hydrogens is 222 g/mol. The van der Waals surface area contributed by atoms with Gasteiger partial charge in [0.1, 0.15) is 5.60 Å². The van der Waals surface area contributed by atoms with Crippen molar-refractivity contribution in [2.75, 3.05) is 13.7 Å². The van der Waals surface area contributed by atoms with E-state index in [2.05, 4.69) is 0 Å². The Morgan fingerprint density at radius 1 is 1.41 bits per heavy atom. The van der Waals surface area contributed by atoms with Gasteiger partial charge >= 0.3 is 6.09 Å². The lowest BCUT2D eigenvalue weighted by Gasteiger charge is -2.32. The molecule has 0 fully saturated rings. The summed E-state index contributed by atoms with van der Waals surface area (Å²) in [7, 11) is 1.52. The van der Waals surface area contributed by atoms with Gasteiger partial charge in [0.2, 0.25) is 0 Å². The summed E-state index contributed by atoms with van der Waals surface area (Å²) in [6, 6.07) is -0.621. The van der Waals surface area contributed by atoms with E-state index in [-0.39, 0.29) is 6.61 Å². The molecule has 0 saturated carbocycles. The SMILES string of the molecule is CCC[C@@H](O)[C@H](CO)N(C)C(=O)OC(C)(C)C. The fourth-order valence-electron chi connectivity index (χ4n) is 1.46. The van der Waals surface area contributed by atoms with Crippen molar-refractivity contribution in [2.45, 2.75) is 58.3 Å². The summed E-state index contributed by atoms with van der Waals surface area (Å²) in [5.74, 6) is 0. The van der Waals surface area contributed by atoms with Crippen LogP contribution in [0, 0.1) is 0 Å². The molecule has 0 aliphatic carbocycles. The molecule has 0 aromatic carbocycles. The summed E-state index contributed by atoms with van der Waals surface area (Å²) in [6.45, 7) is 6.97. The van der Waals surface area contributed by atoms with Crippen molar-refractivity contribution < 1.29 is 19.7 Å². The maximum Gasteiger partial charge on any atom is 0.410 e. The Morgan fingerprint density at radius 3 is 2.29 bits per heavy atom. The maximum atomic E-state index is 11.7. The first-order chi connectivity index (χ1) is 7.72. The molecule has 2 N–H and O–H groups in total. The third kappa shape index (κ3) is 5.89. The second-order valence-electron chi connectivity index (χ2n) is 5.20. The lowest BCUT2D eigenvalue weighted by atomic mass is 10.1. The zero-order valence-electron chi connectivity index (χ0n) is 11.4. The molecule has 5 nitrogen and oxygen atoms in total. The maximum absolute atomic E-state index is 11.7. The molecule has 0 heterocycles. The molecule has 0 aromatic rings. The van der Waals surface area contributed by atoms with E-state index in [1.807, 2.05) is 6.92 Å². The Morgan fingerprint density at radius 2 is 1.94 bits per heavy atom. The van der Waals surface area contributed by atoms with Crippen LogP contribution in [-0.4, -0.2) is 52.6 Å². The number of ether oxygens (including phenoxy) is 1. The second-order valence-corrected chi connectivity index (χ2v) is 5.20. The summed E-state index contributed by atoms with van der Waals surface area (Å²) >= 11 is 0. The number of aliphatic hydroxyl groups excluding tert-OH is 2. The average molecular weight is 247 g/mol. The van der Waals surface area contributed by atoms with Crippen LogP contribution in [-0.2, 0) is 4.74 Å². The van der Waals surface area contributed by atoms with Crippen LogP contribution in [0.1, 0.15) is 40.5 Å². The molecule has 0 rings (SSSR count). The number of hydrogen-bond acceptors (Lipinski definition) is 4. The lowest BCUT2D eigenvalue weighted by Crippen LogP contribution is -2.48. The van der Waals surface area contributed by atoms with Gasteiger partial charge in [-0.3, -0.25) is 0 Å². The van der Waals surface area contributed by atoms with Gasteiger partial charge in [-0.1, -0.05) is 13.3 Å². The fraction of sp³-hybridized carbons (Fsp3) is 0.917. The highest BCUT2D eigenvalue weighted by molar-refractivity contribution is 5.68. The molecule has 1 amide bonds. The van der Waals surface area contributed by atoms with E-state index in [4.69, 9.17) is 4.74 Å². The Hall–Kier alpha value is -0.810. The van der Waals surface area contributed by atoms with Gasteiger partial charge in [0.15, 0.2) is 0 Å². The minimum absolute atomic E-state index is 0.281. The number of hydrogen-bond donors (Lipinski definition) is 2. The fourth-order valence-corrected chi connectivity index (χ4v) is 1.46. The van der Waals surface area contributed by atoms with Crippen LogP contribution in [0.4, 0.5) is 4.79 Å². The van der Waals surface area contributed by atoms with Gasteiger partial charge in [0.05, 0.1) is 18.8 Å². The summed E-state index contributed by atoms with van der Waals surface area (Å²) in [5, 5.41) is 19.0. The number of carbonyl (C=O) groups excluding carboxylic acids is 1. The van der Waals surface area contributed by atoms with Gasteiger partial charge < -0.3 is 19.8 Å². The first-order valence-corrected chi connectivity index (χ1v) is 5.97. The third-order valence-electron chi connectivity index (χ3n) is 2.39. The van der Waals surface area contributed by atoms with Crippen molar-refractivity contribution in [2.24, 2.45) is 0 Å². The van der Waals surface area contributed by atoms with Crippen molar-refractivity contribution in [3.8, 4) is 0 Å². The number of amides is 1. The van der Waals surface area contributed by atoms with Crippen LogP contribution in [0.25, 0.3) is 0 Å². The van der Waals surface area contributed by atoms with Crippen molar-refractivity contribution in [3.05, 3.63) is 0 Å². The highest BCUT2D eigenvalue weighted by Crippen LogP contribution is 2.14. The number of likely N-dealkylation sites (N-methyl/N-ethyl adjacent to an activating group) is 1. The average Bonchev–Trinajstić information content (AvgIpc) is 2.16. The number of nitrogens with zero attached hydrogens (tertiary/aromatic N) is 1. The highest BCUT2D eigenvalue weighted by Gasteiger charge is 2.29. The Balaban J connectivity index is 4.52. The van der Waals surface area contributed by atoms with Gasteiger partial charge in [-0.25, -0.2) is 4.79 Å². The van der Waals surface area contributed by atoms with Crippen LogP contribution in [0.2, 0.25) is 0 Å². The highest BCUT2D eigenvalue weighted by atomic mass is 16.6. The summed E-state index contributed by atoms with van der Waals surface area (Å²) in [4.78, 5) is 13.0. The Kier molecular flexibility index (Phi) is 6.49. The minimum atomic E-state index is -0.734. The normalized spacial score (nSPS) is 15.2. The molecular formula is C12H25NO4. The van der Waals surface area contributed by atoms with Crippen molar-refractivity contribution in [3.63, 3.8) is 0 Å². The molecule has 2 atom stereocenters. The first-order valence-electron chi connectivity index (χ1n) is 5.97. The van der Waals surface area contributed by atoms with Crippen LogP contribution in [0.3, 0.4) is 0 Å². The van der Waals surface area contributed by atoms with Crippen molar-refractivity contribution in [1.29, 1.82) is 0 Å². The lowest BCUT2D eigenvalue weighted by molar-refractivity contribution is -0.0126. The zero-order valence-corrected chi connectivity index (χ0v) is 11.4. The van der Waals surface area contributed by atoms with Gasteiger partial charge in [-0.15, -0.1) is 0 Å². The van der Waals surface area contributed by atoms with Crippen molar-refractivity contribution in [1.82, 2.24) is 4.90 Å². The van der Waals surface area contributed by atoms with Crippen LogP contribution < -0.4 is 0 Å². The molecule has 0 aromatic heterocycles. The molecule has 0 aliphatic rings. The quantitative estimate of drug-likeness (QED) is 0.770. The number of carbonyl (C=O) groups is 1. The van der Waals surface area contributed by atoms with E-state index in [0.29, 0.717) is 6.42 Å². The monoisotopic (exact) mass is 247 g/mol. The topological polar surface area (TPSA) is 70.0 Å². The summed E-state index contributed by atoms with van der Waals surface area (Å²) < 4.78 is 5.18. The molecule has 0 unspecified atom stereocenters. The smallest absolute Gasteiger partial charge is 0.410 e. The Labute approximate surface area is 103 Å². The molecule has 0 radical (unpaired) electrons. The molecule has 17 heavy (non-hydrogen) atoms. The zero-order chi connectivity index (χ0) is 13.6. The predicted molar refractivity (Wildman–Crippen MR) is 65.8 cm³/mol. The minimum Gasteiger partial charge on any atom is -0.444 e. The molecule has 0 bridgehead atoms. The second kappa shape index (κ2) is 6.81. The van der Waals surface area contributed by atoms with E-state index in [0.717, 1.165) is 6.42 Å². The Bertz CT molecular complexity index is 237. The summed E-state index contributed by atoms with van der Waals surface area (Å²) in [6.07, 6.45) is 0.0623. The van der Waals surface area contributed by atoms with E-state index < -0.39 is 23.8 Å². The van der Waals surface area contributed by atoms with Gasteiger partial charge in [-0.05, 0) is 27.2 Å². The van der Waals surface area contributed by atoms with Crippen molar-refractivity contribution >= 4 is 6.09 Å². The third-order valence-corrected chi connectivity index (χ3v) is 2.39. The van der Waals surface area contributed by atoms with E-state index >= 15 is 0 Å². The molecule has 0 spiro atoms. The van der Waals surface area contributed by atoms with E-state index in [1.165, 1.54) is 11.9 Å². The first kappa shape index (κ1) is 16.2. The van der Waals surface area contributed by atoms with Gasteiger partial charge in [0.25, 0.3) is 0 Å². The standard InChI is InChI=1S/C12H25NO4/c1-6-7-10(15)9(8-14)13(5)11(16)17-12(2,3)4/h9-10,14-15H,6-8H2,1-5H3/t9-,10+/m0/s1. The predicted octanol–water partition coefficient (Wildman–Crippen LogP) is 1.38. The largest absolute Gasteiger partial charge is 0.444 e. The van der Waals surface area contributed by atoms with Gasteiger partial charge in [-0.2, -0.15) is 0 Å². The number of rotatable bonds is 5. The van der Waals surface area contributed by atoms with Gasteiger partial charge in [0, 0.05) is 7.05 Å². The van der Waals surface area contributed by atoms with Crippen LogP contribution >= 0.6 is 0 Å².